The maximum absolute atomic E-state index is 13.2. The van der Waals surface area contributed by atoms with Gasteiger partial charge in [-0.25, -0.2) is 8.42 Å². The topological polar surface area (TPSA) is 84.9 Å². The van der Waals surface area contributed by atoms with Crippen molar-refractivity contribution >= 4 is 21.6 Å². The Morgan fingerprint density at radius 2 is 1.87 bits per heavy atom. The molecule has 0 radical (unpaired) electrons. The number of rotatable bonds is 6. The summed E-state index contributed by atoms with van der Waals surface area (Å²) in [6.07, 6.45) is 0. The molecule has 7 nitrogen and oxygen atoms in total. The van der Waals surface area contributed by atoms with E-state index in [0.717, 1.165) is 16.8 Å². The van der Waals surface area contributed by atoms with E-state index in [2.05, 4.69) is 19.2 Å². The van der Waals surface area contributed by atoms with Crippen molar-refractivity contribution in [2.75, 3.05) is 38.7 Å². The SMILES string of the molecule is COc1ccc(S(=O)(=O)N2CCOCC2)cc1C(=O)Nc1c(C)cccc1C(C)C. The van der Waals surface area contributed by atoms with Crippen molar-refractivity contribution in [3.8, 4) is 5.75 Å². The summed E-state index contributed by atoms with van der Waals surface area (Å²) in [5.74, 6) is 0.116. The standard InChI is InChI=1S/C22H28N2O5S/c1-15(2)18-7-5-6-16(3)21(18)23-22(25)19-14-17(8-9-20(19)28-4)30(26,27)24-10-12-29-13-11-24/h5-9,14-15H,10-13H2,1-4H3,(H,23,25). The molecule has 3 rings (SSSR count). The van der Waals surface area contributed by atoms with Gasteiger partial charge in [0.15, 0.2) is 0 Å². The number of nitrogens with zero attached hydrogens (tertiary/aromatic N) is 1. The summed E-state index contributed by atoms with van der Waals surface area (Å²) in [5, 5.41) is 2.96. The van der Waals surface area contributed by atoms with Gasteiger partial charge in [-0.2, -0.15) is 4.31 Å². The quantitative estimate of drug-likeness (QED) is 0.756. The minimum absolute atomic E-state index is 0.0595. The lowest BCUT2D eigenvalue weighted by Gasteiger charge is -2.26. The number of hydrogen-bond acceptors (Lipinski definition) is 5. The lowest BCUT2D eigenvalue weighted by molar-refractivity contribution is 0.0730. The van der Waals surface area contributed by atoms with Gasteiger partial charge in [-0.15, -0.1) is 0 Å². The van der Waals surface area contributed by atoms with Crippen molar-refractivity contribution in [1.29, 1.82) is 0 Å². The second-order valence-electron chi connectivity index (χ2n) is 7.53. The van der Waals surface area contributed by atoms with E-state index in [0.29, 0.717) is 19.0 Å². The maximum atomic E-state index is 13.2. The molecule has 1 fully saturated rings. The fourth-order valence-corrected chi connectivity index (χ4v) is 4.92. The van der Waals surface area contributed by atoms with Crippen LogP contribution < -0.4 is 10.1 Å². The Morgan fingerprint density at radius 1 is 1.17 bits per heavy atom. The second-order valence-corrected chi connectivity index (χ2v) is 9.46. The number of anilines is 1. The van der Waals surface area contributed by atoms with E-state index in [-0.39, 0.29) is 29.5 Å². The van der Waals surface area contributed by atoms with Crippen LogP contribution >= 0.6 is 0 Å². The molecule has 0 unspecified atom stereocenters. The van der Waals surface area contributed by atoms with Crippen LogP contribution in [-0.4, -0.2) is 52.0 Å². The molecule has 1 N–H and O–H groups in total. The molecule has 1 amide bonds. The van der Waals surface area contributed by atoms with E-state index in [4.69, 9.17) is 9.47 Å². The molecule has 0 saturated carbocycles. The largest absolute Gasteiger partial charge is 0.496 e. The lowest BCUT2D eigenvalue weighted by Crippen LogP contribution is -2.40. The average Bonchev–Trinajstić information content (AvgIpc) is 2.75. The van der Waals surface area contributed by atoms with Crippen molar-refractivity contribution in [3.63, 3.8) is 0 Å². The Bertz CT molecular complexity index is 1030. The highest BCUT2D eigenvalue weighted by Crippen LogP contribution is 2.30. The number of carbonyl (C=O) groups excluding carboxylic acids is 1. The molecular formula is C22H28N2O5S. The van der Waals surface area contributed by atoms with Crippen LogP contribution in [-0.2, 0) is 14.8 Å². The minimum Gasteiger partial charge on any atom is -0.496 e. The molecule has 0 spiro atoms. The van der Waals surface area contributed by atoms with Crippen molar-refractivity contribution in [2.24, 2.45) is 0 Å². The van der Waals surface area contributed by atoms with E-state index in [1.54, 1.807) is 0 Å². The zero-order valence-electron chi connectivity index (χ0n) is 17.8. The van der Waals surface area contributed by atoms with Gasteiger partial charge < -0.3 is 14.8 Å². The fourth-order valence-electron chi connectivity index (χ4n) is 3.48. The summed E-state index contributed by atoms with van der Waals surface area (Å²) in [4.78, 5) is 13.2. The molecule has 0 aromatic heterocycles. The van der Waals surface area contributed by atoms with Crippen LogP contribution in [0.4, 0.5) is 5.69 Å². The predicted molar refractivity (Wildman–Crippen MR) is 116 cm³/mol. The molecule has 162 valence electrons. The Morgan fingerprint density at radius 3 is 2.50 bits per heavy atom. The van der Waals surface area contributed by atoms with Gasteiger partial charge in [0.1, 0.15) is 5.75 Å². The van der Waals surface area contributed by atoms with Crippen LogP contribution in [0.3, 0.4) is 0 Å². The van der Waals surface area contributed by atoms with E-state index < -0.39 is 15.9 Å². The van der Waals surface area contributed by atoms with Gasteiger partial charge in [0.2, 0.25) is 10.0 Å². The first-order chi connectivity index (χ1) is 14.3. The third kappa shape index (κ3) is 4.50. The third-order valence-corrected chi connectivity index (χ3v) is 7.08. The van der Waals surface area contributed by atoms with E-state index in [1.165, 1.54) is 29.6 Å². The third-order valence-electron chi connectivity index (χ3n) is 5.19. The number of sulfonamides is 1. The van der Waals surface area contributed by atoms with Crippen molar-refractivity contribution < 1.29 is 22.7 Å². The van der Waals surface area contributed by atoms with E-state index >= 15 is 0 Å². The number of amides is 1. The minimum atomic E-state index is -3.73. The molecule has 1 aliphatic heterocycles. The molecule has 2 aromatic rings. The van der Waals surface area contributed by atoms with Crippen molar-refractivity contribution in [2.45, 2.75) is 31.6 Å². The number of methoxy groups -OCH3 is 1. The van der Waals surface area contributed by atoms with Crippen LogP contribution in [0.1, 0.15) is 41.3 Å². The van der Waals surface area contributed by atoms with Gasteiger partial charge in [-0.1, -0.05) is 32.0 Å². The number of morpholine rings is 1. The molecule has 0 atom stereocenters. The summed E-state index contributed by atoms with van der Waals surface area (Å²) in [6, 6.07) is 10.2. The van der Waals surface area contributed by atoms with Gasteiger partial charge in [0.25, 0.3) is 5.91 Å². The summed E-state index contributed by atoms with van der Waals surface area (Å²) in [6.45, 7) is 7.33. The van der Waals surface area contributed by atoms with Gasteiger partial charge >= 0.3 is 0 Å². The highest BCUT2D eigenvalue weighted by atomic mass is 32.2. The lowest BCUT2D eigenvalue weighted by atomic mass is 9.98. The number of ether oxygens (including phenoxy) is 2. The van der Waals surface area contributed by atoms with Crippen molar-refractivity contribution in [1.82, 2.24) is 4.31 Å². The first-order valence-corrected chi connectivity index (χ1v) is 11.4. The van der Waals surface area contributed by atoms with E-state index in [1.807, 2.05) is 25.1 Å². The summed E-state index contributed by atoms with van der Waals surface area (Å²) >= 11 is 0. The van der Waals surface area contributed by atoms with E-state index in [9.17, 15) is 13.2 Å². The number of nitrogens with one attached hydrogen (secondary N) is 1. The number of hydrogen-bond donors (Lipinski definition) is 1. The average molecular weight is 433 g/mol. The molecule has 1 heterocycles. The Labute approximate surface area is 178 Å². The highest BCUT2D eigenvalue weighted by molar-refractivity contribution is 7.89. The Balaban J connectivity index is 1.98. The van der Waals surface area contributed by atoms with Crippen LogP contribution in [0, 0.1) is 6.92 Å². The van der Waals surface area contributed by atoms with Gasteiger partial charge in [-0.05, 0) is 42.2 Å². The summed E-state index contributed by atoms with van der Waals surface area (Å²) in [7, 11) is -2.27. The number of para-hydroxylation sites is 1. The van der Waals surface area contributed by atoms with Crippen LogP contribution in [0.25, 0.3) is 0 Å². The summed E-state index contributed by atoms with van der Waals surface area (Å²) in [5.41, 5.74) is 2.86. The Kier molecular flexibility index (Phi) is 6.80. The highest BCUT2D eigenvalue weighted by Gasteiger charge is 2.28. The molecular weight excluding hydrogens is 404 g/mol. The number of aryl methyl sites for hydroxylation is 1. The smallest absolute Gasteiger partial charge is 0.259 e. The Hall–Kier alpha value is -2.42. The van der Waals surface area contributed by atoms with Crippen molar-refractivity contribution in [3.05, 3.63) is 53.1 Å². The first kappa shape index (κ1) is 22.3. The predicted octanol–water partition coefficient (Wildman–Crippen LogP) is 3.40. The molecule has 1 aliphatic rings. The fraction of sp³-hybridized carbons (Fsp3) is 0.409. The molecule has 30 heavy (non-hydrogen) atoms. The van der Waals surface area contributed by atoms with Crippen LogP contribution in [0.15, 0.2) is 41.3 Å². The monoisotopic (exact) mass is 432 g/mol. The zero-order valence-corrected chi connectivity index (χ0v) is 18.6. The van der Waals surface area contributed by atoms with Gasteiger partial charge in [0.05, 0.1) is 30.8 Å². The maximum Gasteiger partial charge on any atom is 0.259 e. The molecule has 2 aromatic carbocycles. The second kappa shape index (κ2) is 9.16. The number of benzene rings is 2. The zero-order chi connectivity index (χ0) is 21.9. The molecule has 1 saturated heterocycles. The normalized spacial score (nSPS) is 15.2. The van der Waals surface area contributed by atoms with Gasteiger partial charge in [-0.3, -0.25) is 4.79 Å². The first-order valence-electron chi connectivity index (χ1n) is 9.92. The number of carbonyl (C=O) groups is 1. The van der Waals surface area contributed by atoms with Gasteiger partial charge in [0, 0.05) is 18.8 Å². The van der Waals surface area contributed by atoms with Crippen LogP contribution in [0.5, 0.6) is 5.75 Å². The molecule has 0 bridgehead atoms. The molecule has 0 aliphatic carbocycles. The van der Waals surface area contributed by atoms with Crippen LogP contribution in [0.2, 0.25) is 0 Å². The molecule has 8 heteroatoms. The summed E-state index contributed by atoms with van der Waals surface area (Å²) < 4.78 is 38.0.